The van der Waals surface area contributed by atoms with Crippen LogP contribution in [0, 0.1) is 0 Å². The van der Waals surface area contributed by atoms with E-state index in [1.54, 1.807) is 21.1 Å². The van der Waals surface area contributed by atoms with E-state index < -0.39 is 18.1 Å². The highest BCUT2D eigenvalue weighted by Gasteiger charge is 2.25. The van der Waals surface area contributed by atoms with Gasteiger partial charge in [0.1, 0.15) is 12.6 Å². The number of carbonyl (C=O) groups is 3. The number of likely N-dealkylation sites (N-methyl/N-ethyl adjacent to an activating group) is 1. The second-order valence-electron chi connectivity index (χ2n) is 15.6. The van der Waals surface area contributed by atoms with E-state index in [9.17, 15) is 19.5 Å². The summed E-state index contributed by atoms with van der Waals surface area (Å²) in [6.45, 7) is 4.62. The molecule has 0 saturated heterocycles. The minimum absolute atomic E-state index is 0.0399. The molecular weight excluding hydrogens is 654 g/mol. The Kier molecular flexibility index (Phi) is 34.3. The number of esters is 2. The molecule has 0 aliphatic heterocycles. The van der Waals surface area contributed by atoms with Crippen LogP contribution in [0.4, 0.5) is 0 Å². The molecule has 0 aliphatic carbocycles. The average Bonchev–Trinajstić information content (AvgIpc) is 3.09. The summed E-state index contributed by atoms with van der Waals surface area (Å²) in [6, 6.07) is -0.724. The monoisotopic (exact) mass is 736 g/mol. The lowest BCUT2D eigenvalue weighted by molar-refractivity contribution is -0.889. The smallest absolute Gasteiger partial charge is 0.306 e. The zero-order valence-corrected chi connectivity index (χ0v) is 34.5. The van der Waals surface area contributed by atoms with Crippen LogP contribution in [-0.2, 0) is 28.6 Å². The molecule has 0 rings (SSSR count). The molecule has 0 bridgehead atoms. The highest BCUT2D eigenvalue weighted by Crippen LogP contribution is 2.14. The van der Waals surface area contributed by atoms with Crippen molar-refractivity contribution >= 4 is 17.9 Å². The standard InChI is InChI=1S/C44H81NO7/c1-6-8-10-12-14-16-18-20-21-23-24-26-28-30-32-34-42(46)51-39-40(38-50-37-36-41(44(48)49)45(3,4)5)52-43(47)35-33-31-29-27-25-22-19-17-15-13-11-9-7-2/h14,16,20-21,40-41H,6-13,15,17-19,22-39H2,1-5H3/b16-14-,21-20-. The first-order valence-electron chi connectivity index (χ1n) is 21.4. The molecule has 0 N–H and O–H groups in total. The van der Waals surface area contributed by atoms with Gasteiger partial charge in [0.25, 0.3) is 0 Å². The van der Waals surface area contributed by atoms with Crippen molar-refractivity contribution in [3.63, 3.8) is 0 Å². The Hall–Kier alpha value is -2.19. The lowest BCUT2D eigenvalue weighted by Crippen LogP contribution is -2.55. The summed E-state index contributed by atoms with van der Waals surface area (Å²) >= 11 is 0. The zero-order valence-electron chi connectivity index (χ0n) is 34.5. The molecule has 0 saturated carbocycles. The molecule has 0 radical (unpaired) electrons. The van der Waals surface area contributed by atoms with E-state index in [-0.39, 0.29) is 42.7 Å². The Labute approximate surface area is 320 Å². The third-order valence-corrected chi connectivity index (χ3v) is 9.59. The highest BCUT2D eigenvalue weighted by molar-refractivity contribution is 5.70. The predicted molar refractivity (Wildman–Crippen MR) is 213 cm³/mol. The molecule has 0 amide bonds. The topological polar surface area (TPSA) is 102 Å². The largest absolute Gasteiger partial charge is 0.544 e. The maximum Gasteiger partial charge on any atom is 0.306 e. The van der Waals surface area contributed by atoms with Gasteiger partial charge in [-0.15, -0.1) is 0 Å². The molecular formula is C44H81NO7. The molecule has 304 valence electrons. The maximum atomic E-state index is 12.7. The van der Waals surface area contributed by atoms with Crippen molar-refractivity contribution in [3.8, 4) is 0 Å². The van der Waals surface area contributed by atoms with Crippen LogP contribution in [0.2, 0.25) is 0 Å². The van der Waals surface area contributed by atoms with Gasteiger partial charge in [0.2, 0.25) is 0 Å². The van der Waals surface area contributed by atoms with Crippen LogP contribution in [0.15, 0.2) is 24.3 Å². The zero-order chi connectivity index (χ0) is 38.5. The molecule has 0 aliphatic rings. The number of hydrogen-bond acceptors (Lipinski definition) is 7. The fraction of sp³-hybridized carbons (Fsp3) is 0.841. The normalized spacial score (nSPS) is 13.2. The number of carboxylic acid groups (broad SMARTS) is 1. The van der Waals surface area contributed by atoms with Gasteiger partial charge in [0.15, 0.2) is 6.10 Å². The van der Waals surface area contributed by atoms with Crippen LogP contribution in [0.25, 0.3) is 0 Å². The van der Waals surface area contributed by atoms with Gasteiger partial charge in [-0.25, -0.2) is 0 Å². The number of allylic oxidation sites excluding steroid dienone is 4. The van der Waals surface area contributed by atoms with Gasteiger partial charge in [0, 0.05) is 19.3 Å². The number of aliphatic carboxylic acids is 1. The second-order valence-corrected chi connectivity index (χ2v) is 15.6. The molecule has 0 fully saturated rings. The first kappa shape index (κ1) is 49.8. The van der Waals surface area contributed by atoms with Crippen molar-refractivity contribution in [2.45, 2.75) is 199 Å². The minimum atomic E-state index is -1.13. The van der Waals surface area contributed by atoms with E-state index in [4.69, 9.17) is 14.2 Å². The maximum absolute atomic E-state index is 12.7. The van der Waals surface area contributed by atoms with Crippen LogP contribution < -0.4 is 5.11 Å². The van der Waals surface area contributed by atoms with E-state index in [0.29, 0.717) is 12.8 Å². The Morgan fingerprint density at radius 3 is 1.52 bits per heavy atom. The van der Waals surface area contributed by atoms with Crippen LogP contribution in [0.5, 0.6) is 0 Å². The third kappa shape index (κ3) is 33.6. The van der Waals surface area contributed by atoms with Crippen LogP contribution in [0.1, 0.15) is 187 Å². The number of nitrogens with zero attached hydrogens (tertiary/aromatic N) is 1. The van der Waals surface area contributed by atoms with Crippen molar-refractivity contribution in [1.29, 1.82) is 0 Å². The summed E-state index contributed by atoms with van der Waals surface area (Å²) in [7, 11) is 5.40. The predicted octanol–water partition coefficient (Wildman–Crippen LogP) is 9.97. The lowest BCUT2D eigenvalue weighted by Gasteiger charge is -2.34. The van der Waals surface area contributed by atoms with Crippen molar-refractivity contribution in [3.05, 3.63) is 24.3 Å². The summed E-state index contributed by atoms with van der Waals surface area (Å²) in [5.41, 5.74) is 0. The SMILES string of the molecule is CCCCC/C=C\C/C=C\CCCCCCCC(=O)OCC(COCCC(C(=O)[O-])[N+](C)(C)C)OC(=O)CCCCCCCCCCCCCCC. The lowest BCUT2D eigenvalue weighted by atomic mass is 10.0. The summed E-state index contributed by atoms with van der Waals surface area (Å²) in [5, 5.41) is 11.6. The quantitative estimate of drug-likeness (QED) is 0.0269. The Balaban J connectivity index is 4.37. The fourth-order valence-corrected chi connectivity index (χ4v) is 6.22. The molecule has 2 unspecified atom stereocenters. The highest BCUT2D eigenvalue weighted by atomic mass is 16.6. The van der Waals surface area contributed by atoms with E-state index in [0.717, 1.165) is 64.2 Å². The second kappa shape index (κ2) is 35.8. The number of hydrogen-bond donors (Lipinski definition) is 0. The molecule has 8 heteroatoms. The average molecular weight is 736 g/mol. The summed E-state index contributed by atoms with van der Waals surface area (Å²) in [4.78, 5) is 36.8. The van der Waals surface area contributed by atoms with E-state index in [1.165, 1.54) is 89.9 Å². The summed E-state index contributed by atoms with van der Waals surface area (Å²) in [6.07, 6.45) is 37.6. The number of rotatable bonds is 38. The van der Waals surface area contributed by atoms with Crippen molar-refractivity contribution < 1.29 is 38.2 Å². The molecule has 0 aromatic rings. The molecule has 8 nitrogen and oxygen atoms in total. The van der Waals surface area contributed by atoms with Gasteiger partial charge < -0.3 is 28.6 Å². The van der Waals surface area contributed by atoms with Gasteiger partial charge in [-0.1, -0.05) is 147 Å². The number of ether oxygens (including phenoxy) is 3. The number of quaternary nitrogens is 1. The molecule has 0 aromatic carbocycles. The Morgan fingerprint density at radius 2 is 1.02 bits per heavy atom. The molecule has 0 spiro atoms. The van der Waals surface area contributed by atoms with Crippen LogP contribution in [0.3, 0.4) is 0 Å². The van der Waals surface area contributed by atoms with Gasteiger partial charge in [0.05, 0.1) is 40.3 Å². The molecule has 52 heavy (non-hydrogen) atoms. The van der Waals surface area contributed by atoms with Gasteiger partial charge in [-0.2, -0.15) is 0 Å². The van der Waals surface area contributed by atoms with Gasteiger partial charge in [-0.3, -0.25) is 9.59 Å². The number of carboxylic acids is 1. The first-order chi connectivity index (χ1) is 25.1. The molecule has 2 atom stereocenters. The first-order valence-corrected chi connectivity index (χ1v) is 21.4. The van der Waals surface area contributed by atoms with E-state index in [1.807, 2.05) is 0 Å². The summed E-state index contributed by atoms with van der Waals surface area (Å²) < 4.78 is 17.1. The van der Waals surface area contributed by atoms with E-state index >= 15 is 0 Å². The minimum Gasteiger partial charge on any atom is -0.544 e. The van der Waals surface area contributed by atoms with Crippen molar-refractivity contribution in [1.82, 2.24) is 0 Å². The molecule has 0 heterocycles. The van der Waals surface area contributed by atoms with Crippen molar-refractivity contribution in [2.24, 2.45) is 0 Å². The number of carbonyl (C=O) groups excluding carboxylic acids is 3. The van der Waals surface area contributed by atoms with Gasteiger partial charge >= 0.3 is 11.9 Å². The Bertz CT molecular complexity index is 911. The van der Waals surface area contributed by atoms with Crippen molar-refractivity contribution in [2.75, 3.05) is 41.0 Å². The van der Waals surface area contributed by atoms with Crippen LogP contribution >= 0.6 is 0 Å². The Morgan fingerprint density at radius 1 is 0.577 bits per heavy atom. The van der Waals surface area contributed by atoms with E-state index in [2.05, 4.69) is 38.2 Å². The number of unbranched alkanes of at least 4 members (excludes halogenated alkanes) is 20. The molecule has 0 aromatic heterocycles. The fourth-order valence-electron chi connectivity index (χ4n) is 6.22. The van der Waals surface area contributed by atoms with Crippen LogP contribution in [-0.4, -0.2) is 75.5 Å². The van der Waals surface area contributed by atoms with Gasteiger partial charge in [-0.05, 0) is 44.9 Å². The third-order valence-electron chi connectivity index (χ3n) is 9.59. The summed E-state index contributed by atoms with van der Waals surface area (Å²) in [5.74, 6) is -1.75.